The molecule has 0 saturated carbocycles. The third-order valence-electron chi connectivity index (χ3n) is 2.76. The first-order chi connectivity index (χ1) is 7.67. The van der Waals surface area contributed by atoms with Crippen molar-refractivity contribution < 1.29 is 10.2 Å². The number of nitrogens with one attached hydrogen (secondary N) is 1. The number of rotatable bonds is 6. The van der Waals surface area contributed by atoms with Gasteiger partial charge in [0, 0.05) is 12.6 Å². The maximum Gasteiger partial charge on any atom is 0.157 e. The Hall–Kier alpha value is -1.22. The lowest BCUT2D eigenvalue weighted by Crippen LogP contribution is -2.27. The summed E-state index contributed by atoms with van der Waals surface area (Å²) in [5, 5.41) is 22.0. The Morgan fingerprint density at radius 1 is 1.19 bits per heavy atom. The van der Waals surface area contributed by atoms with Gasteiger partial charge in [-0.25, -0.2) is 0 Å². The molecule has 0 fully saturated rings. The summed E-state index contributed by atoms with van der Waals surface area (Å²) in [5.41, 5.74) is 0.991. The highest BCUT2D eigenvalue weighted by Gasteiger charge is 2.05. The lowest BCUT2D eigenvalue weighted by molar-refractivity contribution is 0.402. The summed E-state index contributed by atoms with van der Waals surface area (Å²) in [7, 11) is 0. The van der Waals surface area contributed by atoms with Gasteiger partial charge in [-0.1, -0.05) is 26.3 Å². The highest BCUT2D eigenvalue weighted by atomic mass is 16.3. The van der Waals surface area contributed by atoms with Crippen molar-refractivity contribution in [2.45, 2.75) is 45.7 Å². The van der Waals surface area contributed by atoms with E-state index in [-0.39, 0.29) is 11.5 Å². The predicted octanol–water partition coefficient (Wildman–Crippen LogP) is 2.77. The second-order valence-electron chi connectivity index (χ2n) is 4.10. The second kappa shape index (κ2) is 6.38. The fourth-order valence-electron chi connectivity index (χ4n) is 1.74. The summed E-state index contributed by atoms with van der Waals surface area (Å²) < 4.78 is 0. The number of phenolic OH excluding ortho intramolecular Hbond substituents is 2. The molecule has 0 amide bonds. The Morgan fingerprint density at radius 3 is 2.50 bits per heavy atom. The molecule has 1 unspecified atom stereocenters. The Balaban J connectivity index is 2.50. The van der Waals surface area contributed by atoms with Crippen molar-refractivity contribution in [2.75, 3.05) is 0 Å². The van der Waals surface area contributed by atoms with Crippen molar-refractivity contribution in [3.05, 3.63) is 23.8 Å². The molecule has 1 rings (SSSR count). The third-order valence-corrected chi connectivity index (χ3v) is 2.76. The largest absolute Gasteiger partial charge is 0.504 e. The molecule has 1 aromatic carbocycles. The first kappa shape index (κ1) is 12.8. The summed E-state index contributed by atoms with van der Waals surface area (Å²) in [6.45, 7) is 5.07. The molecule has 0 radical (unpaired) electrons. The Kier molecular flexibility index (Phi) is 5.12. The molecule has 0 aliphatic heterocycles. The zero-order valence-corrected chi connectivity index (χ0v) is 10.0. The lowest BCUT2D eigenvalue weighted by atomic mass is 10.1. The molecular weight excluding hydrogens is 202 g/mol. The van der Waals surface area contributed by atoms with Crippen molar-refractivity contribution in [2.24, 2.45) is 0 Å². The zero-order valence-electron chi connectivity index (χ0n) is 10.0. The van der Waals surface area contributed by atoms with Crippen LogP contribution in [0.5, 0.6) is 11.5 Å². The average molecular weight is 223 g/mol. The van der Waals surface area contributed by atoms with Crippen LogP contribution >= 0.6 is 0 Å². The third kappa shape index (κ3) is 3.74. The molecule has 3 N–H and O–H groups in total. The zero-order chi connectivity index (χ0) is 12.0. The van der Waals surface area contributed by atoms with Gasteiger partial charge in [-0.15, -0.1) is 0 Å². The summed E-state index contributed by atoms with van der Waals surface area (Å²) >= 11 is 0. The van der Waals surface area contributed by atoms with Gasteiger partial charge in [-0.3, -0.25) is 0 Å². The summed E-state index contributed by atoms with van der Waals surface area (Å²) in [4.78, 5) is 0. The molecule has 1 atom stereocenters. The van der Waals surface area contributed by atoms with E-state index in [2.05, 4.69) is 19.2 Å². The van der Waals surface area contributed by atoms with Gasteiger partial charge in [-0.2, -0.15) is 0 Å². The Labute approximate surface area is 97.1 Å². The van der Waals surface area contributed by atoms with E-state index in [0.717, 1.165) is 18.5 Å². The van der Waals surface area contributed by atoms with Crippen LogP contribution in [0.25, 0.3) is 0 Å². The summed E-state index contributed by atoms with van der Waals surface area (Å²) in [6, 6.07) is 5.47. The number of phenols is 2. The molecule has 3 nitrogen and oxygen atoms in total. The SMILES string of the molecule is CCCC(CC)NCc1ccc(O)c(O)c1. The van der Waals surface area contributed by atoms with Crippen LogP contribution in [-0.2, 0) is 6.54 Å². The molecule has 3 heteroatoms. The van der Waals surface area contributed by atoms with Gasteiger partial charge in [0.2, 0.25) is 0 Å². The molecule has 0 aliphatic carbocycles. The summed E-state index contributed by atoms with van der Waals surface area (Å²) in [5.74, 6) is -0.118. The average Bonchev–Trinajstić information content (AvgIpc) is 2.28. The molecule has 16 heavy (non-hydrogen) atoms. The highest BCUT2D eigenvalue weighted by Crippen LogP contribution is 2.24. The predicted molar refractivity (Wildman–Crippen MR) is 65.6 cm³/mol. The smallest absolute Gasteiger partial charge is 0.157 e. The molecule has 0 saturated heterocycles. The van der Waals surface area contributed by atoms with Crippen LogP contribution in [0.2, 0.25) is 0 Å². The molecule has 90 valence electrons. The van der Waals surface area contributed by atoms with Gasteiger partial charge in [0.05, 0.1) is 0 Å². The minimum atomic E-state index is -0.0654. The quantitative estimate of drug-likeness (QED) is 0.650. The number of aromatic hydroxyl groups is 2. The first-order valence-corrected chi connectivity index (χ1v) is 5.91. The van der Waals surface area contributed by atoms with Crippen LogP contribution in [0.15, 0.2) is 18.2 Å². The highest BCUT2D eigenvalue weighted by molar-refractivity contribution is 5.40. The van der Waals surface area contributed by atoms with E-state index < -0.39 is 0 Å². The van der Waals surface area contributed by atoms with E-state index in [1.807, 2.05) is 6.07 Å². The molecule has 0 bridgehead atoms. The normalized spacial score (nSPS) is 12.6. The molecule has 0 spiro atoms. The van der Waals surface area contributed by atoms with Gasteiger partial charge in [0.25, 0.3) is 0 Å². The van der Waals surface area contributed by atoms with Gasteiger partial charge >= 0.3 is 0 Å². The number of hydrogen-bond acceptors (Lipinski definition) is 3. The molecule has 0 aromatic heterocycles. The fraction of sp³-hybridized carbons (Fsp3) is 0.538. The maximum atomic E-state index is 9.35. The lowest BCUT2D eigenvalue weighted by Gasteiger charge is -2.16. The van der Waals surface area contributed by atoms with Crippen LogP contribution in [-0.4, -0.2) is 16.3 Å². The molecule has 0 heterocycles. The summed E-state index contributed by atoms with van der Waals surface area (Å²) in [6.07, 6.45) is 3.45. The topological polar surface area (TPSA) is 52.5 Å². The fourth-order valence-corrected chi connectivity index (χ4v) is 1.74. The van der Waals surface area contributed by atoms with E-state index in [0.29, 0.717) is 6.04 Å². The molecular formula is C13H21NO2. The van der Waals surface area contributed by atoms with Crippen molar-refractivity contribution in [1.29, 1.82) is 0 Å². The van der Waals surface area contributed by atoms with Crippen molar-refractivity contribution in [3.63, 3.8) is 0 Å². The van der Waals surface area contributed by atoms with Crippen LogP contribution in [0.3, 0.4) is 0 Å². The van der Waals surface area contributed by atoms with Gasteiger partial charge < -0.3 is 15.5 Å². The molecule has 1 aromatic rings. The van der Waals surface area contributed by atoms with Crippen molar-refractivity contribution in [3.8, 4) is 11.5 Å². The molecule has 0 aliphatic rings. The van der Waals surface area contributed by atoms with E-state index >= 15 is 0 Å². The van der Waals surface area contributed by atoms with E-state index in [4.69, 9.17) is 0 Å². The van der Waals surface area contributed by atoms with Gasteiger partial charge in [-0.05, 0) is 30.5 Å². The van der Waals surface area contributed by atoms with Crippen molar-refractivity contribution >= 4 is 0 Å². The minimum absolute atomic E-state index is 0.0529. The van der Waals surface area contributed by atoms with E-state index in [1.54, 1.807) is 6.07 Å². The first-order valence-electron chi connectivity index (χ1n) is 5.91. The number of hydrogen-bond donors (Lipinski definition) is 3. The van der Waals surface area contributed by atoms with Crippen LogP contribution in [0, 0.1) is 0 Å². The Bertz CT molecular complexity index is 326. The van der Waals surface area contributed by atoms with Gasteiger partial charge in [0.15, 0.2) is 11.5 Å². The van der Waals surface area contributed by atoms with Crippen LogP contribution in [0.1, 0.15) is 38.7 Å². The van der Waals surface area contributed by atoms with Crippen molar-refractivity contribution in [1.82, 2.24) is 5.32 Å². The van der Waals surface area contributed by atoms with E-state index in [1.165, 1.54) is 18.9 Å². The van der Waals surface area contributed by atoms with Crippen LogP contribution < -0.4 is 5.32 Å². The van der Waals surface area contributed by atoms with Crippen LogP contribution in [0.4, 0.5) is 0 Å². The van der Waals surface area contributed by atoms with Gasteiger partial charge in [0.1, 0.15) is 0 Å². The minimum Gasteiger partial charge on any atom is -0.504 e. The maximum absolute atomic E-state index is 9.35. The second-order valence-corrected chi connectivity index (χ2v) is 4.10. The monoisotopic (exact) mass is 223 g/mol. The standard InChI is InChI=1S/C13H21NO2/c1-3-5-11(4-2)14-9-10-6-7-12(15)13(16)8-10/h6-8,11,14-16H,3-5,9H2,1-2H3. The Morgan fingerprint density at radius 2 is 1.94 bits per heavy atom. The van der Waals surface area contributed by atoms with E-state index in [9.17, 15) is 10.2 Å². The number of benzene rings is 1.